The third kappa shape index (κ3) is 53.0. The molecule has 0 saturated carbocycles. The molecule has 0 aromatic heterocycles. The van der Waals surface area contributed by atoms with Crippen molar-refractivity contribution in [2.45, 2.75) is 321 Å². The number of allylic oxidation sites excluding steroid dienone is 1. The van der Waals surface area contributed by atoms with Crippen LogP contribution in [0, 0.1) is 0 Å². The Bertz CT molecular complexity index is 1120. The number of carbonyl (C=O) groups is 1. The second-order valence-electron chi connectivity index (χ2n) is 22.1. The number of amides is 1. The number of nitrogens with one attached hydrogen (secondary N) is 1. The van der Waals surface area contributed by atoms with Crippen LogP contribution in [0.1, 0.15) is 309 Å². The van der Waals surface area contributed by atoms with Crippen molar-refractivity contribution >= 4 is 13.7 Å². The van der Waals surface area contributed by atoms with Crippen molar-refractivity contribution in [3.05, 3.63) is 12.2 Å². The lowest BCUT2D eigenvalue weighted by Gasteiger charge is -2.29. The molecule has 3 atom stereocenters. The van der Waals surface area contributed by atoms with Gasteiger partial charge in [0, 0.05) is 6.42 Å². The average Bonchev–Trinajstić information content (AvgIpc) is 3.30. The van der Waals surface area contributed by atoms with E-state index in [2.05, 4.69) is 19.2 Å². The second kappa shape index (κ2) is 51.2. The van der Waals surface area contributed by atoms with Crippen LogP contribution < -0.4 is 10.2 Å². The summed E-state index contributed by atoms with van der Waals surface area (Å²) in [6.07, 6.45) is 62.9. The monoisotopic (exact) mass is 983 g/mol. The van der Waals surface area contributed by atoms with Crippen LogP contribution in [0.25, 0.3) is 0 Å². The van der Waals surface area contributed by atoms with Gasteiger partial charge in [-0.05, 0) is 19.3 Å². The van der Waals surface area contributed by atoms with Gasteiger partial charge in [-0.15, -0.1) is 0 Å². The number of nitrogens with zero attached hydrogens (tertiary/aromatic N) is 1. The topological polar surface area (TPSA) is 108 Å². The van der Waals surface area contributed by atoms with Crippen molar-refractivity contribution in [3.8, 4) is 0 Å². The summed E-state index contributed by atoms with van der Waals surface area (Å²) in [6.45, 7) is 4.71. The molecule has 0 bridgehead atoms. The smallest absolute Gasteiger partial charge is 0.268 e. The molecule has 68 heavy (non-hydrogen) atoms. The Balaban J connectivity index is 4.13. The fourth-order valence-corrected chi connectivity index (χ4v) is 10.00. The minimum atomic E-state index is -4.59. The molecule has 0 heterocycles. The molecule has 0 spiro atoms. The Morgan fingerprint density at radius 1 is 0.500 bits per heavy atom. The highest BCUT2D eigenvalue weighted by atomic mass is 31.2. The van der Waals surface area contributed by atoms with E-state index in [-0.39, 0.29) is 19.1 Å². The maximum absolute atomic E-state index is 13.0. The van der Waals surface area contributed by atoms with Gasteiger partial charge < -0.3 is 28.8 Å². The van der Waals surface area contributed by atoms with Crippen molar-refractivity contribution in [3.63, 3.8) is 0 Å². The number of aliphatic hydroxyl groups excluding tert-OH is 1. The molecule has 9 heteroatoms. The van der Waals surface area contributed by atoms with Gasteiger partial charge in [-0.3, -0.25) is 9.36 Å². The van der Waals surface area contributed by atoms with E-state index in [1.54, 1.807) is 6.08 Å². The van der Waals surface area contributed by atoms with Gasteiger partial charge in [-0.25, -0.2) is 0 Å². The predicted octanol–water partition coefficient (Wildman–Crippen LogP) is 17.6. The molecule has 0 radical (unpaired) electrons. The quantitative estimate of drug-likeness (QED) is 0.0272. The largest absolute Gasteiger partial charge is 0.756 e. The van der Waals surface area contributed by atoms with E-state index >= 15 is 0 Å². The first-order chi connectivity index (χ1) is 33.0. The molecule has 0 fully saturated rings. The third-order valence-corrected chi connectivity index (χ3v) is 15.0. The highest BCUT2D eigenvalue weighted by Crippen LogP contribution is 2.38. The van der Waals surface area contributed by atoms with Gasteiger partial charge in [0.1, 0.15) is 13.2 Å². The molecule has 0 aliphatic rings. The minimum Gasteiger partial charge on any atom is -0.756 e. The number of rotatable bonds is 56. The minimum absolute atomic E-state index is 0.00275. The highest BCUT2D eigenvalue weighted by molar-refractivity contribution is 7.45. The first-order valence-corrected chi connectivity index (χ1v) is 31.5. The Kier molecular flexibility index (Phi) is 50.6. The zero-order valence-electron chi connectivity index (χ0n) is 46.3. The van der Waals surface area contributed by atoms with Crippen LogP contribution in [-0.4, -0.2) is 68.5 Å². The first-order valence-electron chi connectivity index (χ1n) is 30.1. The number of quaternary nitrogens is 1. The third-order valence-electron chi connectivity index (χ3n) is 14.0. The molecule has 406 valence electrons. The summed E-state index contributed by atoms with van der Waals surface area (Å²) in [6, 6.07) is -0.882. The molecule has 0 aromatic carbocycles. The number of phosphoric acid groups is 1. The fourth-order valence-electron chi connectivity index (χ4n) is 9.27. The maximum atomic E-state index is 13.0. The Morgan fingerprint density at radius 2 is 0.794 bits per heavy atom. The number of aliphatic hydroxyl groups is 1. The van der Waals surface area contributed by atoms with E-state index < -0.39 is 20.0 Å². The summed E-state index contributed by atoms with van der Waals surface area (Å²) >= 11 is 0. The van der Waals surface area contributed by atoms with Gasteiger partial charge in [-0.1, -0.05) is 296 Å². The van der Waals surface area contributed by atoms with Crippen LogP contribution in [-0.2, 0) is 18.4 Å². The molecule has 2 N–H and O–H groups in total. The molecule has 1 amide bonds. The van der Waals surface area contributed by atoms with Crippen molar-refractivity contribution in [2.75, 3.05) is 40.9 Å². The Hall–Kier alpha value is -0.760. The summed E-state index contributed by atoms with van der Waals surface area (Å²) < 4.78 is 23.4. The average molecular weight is 984 g/mol. The standard InChI is InChI=1S/C59H119N2O6P/c1-6-8-10-12-14-16-18-20-22-24-26-28-29-30-31-32-33-35-37-39-41-43-45-47-49-51-53-59(63)60-57(56-67-68(64,65)66-55-54-61(3,4)5)58(62)52-50-48-46-44-42-40-38-36-34-27-25-23-21-19-17-15-13-11-9-7-2/h50,52,57-58,62H,6-49,51,53-56H2,1-5H3,(H-,60,63,64,65)/b52-50+. The van der Waals surface area contributed by atoms with Crippen LogP contribution in [0.2, 0.25) is 0 Å². The Morgan fingerprint density at radius 3 is 1.10 bits per heavy atom. The molecule has 0 rings (SSSR count). The lowest BCUT2D eigenvalue weighted by Crippen LogP contribution is -2.45. The van der Waals surface area contributed by atoms with E-state index in [4.69, 9.17) is 9.05 Å². The molecular formula is C59H119N2O6P. The molecule has 0 aliphatic carbocycles. The molecule has 0 aromatic rings. The van der Waals surface area contributed by atoms with Crippen LogP contribution in [0.15, 0.2) is 12.2 Å². The summed E-state index contributed by atoms with van der Waals surface area (Å²) in [5.74, 6) is -0.189. The van der Waals surface area contributed by atoms with E-state index in [0.717, 1.165) is 38.5 Å². The molecular weight excluding hydrogens is 864 g/mol. The summed E-state index contributed by atoms with van der Waals surface area (Å²) in [4.78, 5) is 25.5. The van der Waals surface area contributed by atoms with Crippen LogP contribution in [0.3, 0.4) is 0 Å². The van der Waals surface area contributed by atoms with Crippen molar-refractivity contribution in [2.24, 2.45) is 0 Å². The molecule has 0 aliphatic heterocycles. The van der Waals surface area contributed by atoms with Gasteiger partial charge in [0.15, 0.2) is 0 Å². The van der Waals surface area contributed by atoms with Gasteiger partial charge in [-0.2, -0.15) is 0 Å². The van der Waals surface area contributed by atoms with Gasteiger partial charge in [0.05, 0.1) is 39.9 Å². The summed E-state index contributed by atoms with van der Waals surface area (Å²) in [7, 11) is 1.28. The number of hydrogen-bond acceptors (Lipinski definition) is 6. The number of hydrogen-bond donors (Lipinski definition) is 2. The highest BCUT2D eigenvalue weighted by Gasteiger charge is 2.23. The normalized spacial score (nSPS) is 13.9. The van der Waals surface area contributed by atoms with E-state index in [9.17, 15) is 19.4 Å². The zero-order valence-corrected chi connectivity index (χ0v) is 47.2. The summed E-state index contributed by atoms with van der Waals surface area (Å²) in [5, 5.41) is 13.9. The van der Waals surface area contributed by atoms with Crippen molar-refractivity contribution in [1.29, 1.82) is 0 Å². The second-order valence-corrected chi connectivity index (χ2v) is 23.5. The van der Waals surface area contributed by atoms with Crippen LogP contribution in [0.4, 0.5) is 0 Å². The number of carbonyl (C=O) groups excluding carboxylic acids is 1. The lowest BCUT2D eigenvalue weighted by molar-refractivity contribution is -0.870. The molecule has 8 nitrogen and oxygen atoms in total. The molecule has 3 unspecified atom stereocenters. The fraction of sp³-hybridized carbons (Fsp3) is 0.949. The predicted molar refractivity (Wildman–Crippen MR) is 293 cm³/mol. The molecule has 0 saturated heterocycles. The maximum Gasteiger partial charge on any atom is 0.268 e. The van der Waals surface area contributed by atoms with Crippen LogP contribution in [0.5, 0.6) is 0 Å². The van der Waals surface area contributed by atoms with Gasteiger partial charge in [0.2, 0.25) is 5.91 Å². The SMILES string of the molecule is CCCCCCCCCCCCCCCCCCCC/C=C/C(O)C(COP(=O)([O-])OCC[N+](C)(C)C)NC(=O)CCCCCCCCCCCCCCCCCCCCCCCCCCCC. The van der Waals surface area contributed by atoms with E-state index in [1.165, 1.54) is 250 Å². The Labute approximate surface area is 424 Å². The van der Waals surface area contributed by atoms with Gasteiger partial charge in [0.25, 0.3) is 7.82 Å². The lowest BCUT2D eigenvalue weighted by atomic mass is 10.0. The van der Waals surface area contributed by atoms with E-state index in [0.29, 0.717) is 17.4 Å². The van der Waals surface area contributed by atoms with Gasteiger partial charge >= 0.3 is 0 Å². The first kappa shape index (κ1) is 67.2. The van der Waals surface area contributed by atoms with Crippen LogP contribution >= 0.6 is 7.82 Å². The van der Waals surface area contributed by atoms with Crippen molar-refractivity contribution in [1.82, 2.24) is 5.32 Å². The number of likely N-dealkylation sites (N-methyl/N-ethyl adjacent to an activating group) is 1. The summed E-state index contributed by atoms with van der Waals surface area (Å²) in [5.41, 5.74) is 0. The number of phosphoric ester groups is 1. The number of unbranched alkanes of at least 4 members (excludes halogenated alkanes) is 43. The zero-order chi connectivity index (χ0) is 49.9. The van der Waals surface area contributed by atoms with Crippen molar-refractivity contribution < 1.29 is 32.9 Å². The van der Waals surface area contributed by atoms with E-state index in [1.807, 2.05) is 27.2 Å².